The number of H-pyrrole nitrogens is 1. The molecule has 1 amide bonds. The third-order valence-corrected chi connectivity index (χ3v) is 7.50. The van der Waals surface area contributed by atoms with Crippen LogP contribution in [0, 0.1) is 0 Å². The molecule has 34 heavy (non-hydrogen) atoms. The number of unbranched alkanes of at least 4 members (excludes halogenated alkanes) is 1. The molecule has 11 nitrogen and oxygen atoms in total. The molecule has 1 aromatic carbocycles. The molecule has 1 aliphatic rings. The van der Waals surface area contributed by atoms with Gasteiger partial charge in [-0.05, 0) is 31.0 Å². The zero-order chi connectivity index (χ0) is 24.9. The van der Waals surface area contributed by atoms with Gasteiger partial charge in [0.05, 0.1) is 18.1 Å². The Morgan fingerprint density at radius 2 is 1.88 bits per heavy atom. The van der Waals surface area contributed by atoms with Crippen molar-refractivity contribution in [2.24, 2.45) is 0 Å². The van der Waals surface area contributed by atoms with Crippen LogP contribution in [0.1, 0.15) is 43.5 Å². The summed E-state index contributed by atoms with van der Waals surface area (Å²) in [5, 5.41) is 0. The first-order valence-corrected chi connectivity index (χ1v) is 12.8. The van der Waals surface area contributed by atoms with Crippen LogP contribution < -0.4 is 21.9 Å². The molecule has 3 rings (SSSR count). The molecule has 0 bridgehead atoms. The minimum Gasteiger partial charge on any atom is -0.383 e. The fraction of sp³-hybridized carbons (Fsp3) is 0.500. The molecule has 2 aromatic rings. The Hall–Kier alpha value is -2.96. The third-order valence-electron chi connectivity index (χ3n) is 5.60. The molecule has 186 valence electrons. The molecule has 2 heterocycles. The number of benzene rings is 1. The lowest BCUT2D eigenvalue weighted by atomic mass is 10.1. The highest BCUT2D eigenvalue weighted by atomic mass is 32.2. The molecule has 1 aromatic heterocycles. The number of nitrogens with two attached hydrogens (primary N) is 1. The van der Waals surface area contributed by atoms with Gasteiger partial charge in [-0.1, -0.05) is 26.3 Å². The van der Waals surface area contributed by atoms with E-state index in [0.29, 0.717) is 26.1 Å². The summed E-state index contributed by atoms with van der Waals surface area (Å²) in [5.41, 5.74) is 4.76. The molecule has 3 N–H and O–H groups in total. The van der Waals surface area contributed by atoms with Crippen LogP contribution in [0.4, 0.5) is 11.5 Å². The van der Waals surface area contributed by atoms with Gasteiger partial charge in [-0.2, -0.15) is 4.31 Å². The number of nitrogen functional groups attached to an aromatic ring is 1. The second-order valence-electron chi connectivity index (χ2n) is 8.00. The number of nitrogens with zero attached hydrogens (tertiary/aromatic N) is 3. The average Bonchev–Trinajstić information content (AvgIpc) is 2.84. The summed E-state index contributed by atoms with van der Waals surface area (Å²) < 4.78 is 33.9. The summed E-state index contributed by atoms with van der Waals surface area (Å²) >= 11 is 0. The number of aromatic amines is 1. The van der Waals surface area contributed by atoms with Gasteiger partial charge in [0.1, 0.15) is 5.82 Å². The Morgan fingerprint density at radius 3 is 2.53 bits per heavy atom. The first kappa shape index (κ1) is 25.7. The monoisotopic (exact) mass is 493 g/mol. The molecule has 0 radical (unpaired) electrons. The van der Waals surface area contributed by atoms with E-state index >= 15 is 0 Å². The number of hydrogen-bond donors (Lipinski definition) is 2. The van der Waals surface area contributed by atoms with E-state index in [2.05, 4.69) is 4.98 Å². The first-order valence-electron chi connectivity index (χ1n) is 11.3. The van der Waals surface area contributed by atoms with Crippen molar-refractivity contribution >= 4 is 27.4 Å². The van der Waals surface area contributed by atoms with Crippen molar-refractivity contribution in [2.45, 2.75) is 44.6 Å². The summed E-state index contributed by atoms with van der Waals surface area (Å²) in [6, 6.07) is 5.72. The van der Waals surface area contributed by atoms with Crippen molar-refractivity contribution in [3.8, 4) is 0 Å². The molecule has 1 fully saturated rings. The fourth-order valence-corrected chi connectivity index (χ4v) is 5.25. The van der Waals surface area contributed by atoms with Gasteiger partial charge in [-0.25, -0.2) is 13.2 Å². The number of sulfonamides is 1. The minimum absolute atomic E-state index is 0.0199. The normalized spacial score (nSPS) is 14.8. The van der Waals surface area contributed by atoms with Crippen molar-refractivity contribution in [3.05, 3.63) is 50.7 Å². The van der Waals surface area contributed by atoms with Crippen LogP contribution in [-0.4, -0.2) is 61.0 Å². The number of hydrogen-bond acceptors (Lipinski definition) is 7. The highest BCUT2D eigenvalue weighted by molar-refractivity contribution is 7.89. The van der Waals surface area contributed by atoms with Crippen LogP contribution >= 0.6 is 0 Å². The molecule has 0 saturated carbocycles. The van der Waals surface area contributed by atoms with E-state index in [1.807, 2.05) is 13.8 Å². The van der Waals surface area contributed by atoms with Crippen LogP contribution in [0.5, 0.6) is 0 Å². The van der Waals surface area contributed by atoms with Gasteiger partial charge in [-0.3, -0.25) is 19.1 Å². The lowest BCUT2D eigenvalue weighted by Crippen LogP contribution is -2.42. The van der Waals surface area contributed by atoms with Gasteiger partial charge in [-0.15, -0.1) is 0 Å². The number of rotatable bonds is 9. The highest BCUT2D eigenvalue weighted by Gasteiger charge is 2.29. The smallest absolute Gasteiger partial charge is 0.330 e. The maximum atomic E-state index is 13.6. The molecule has 0 aliphatic carbocycles. The predicted molar refractivity (Wildman–Crippen MR) is 129 cm³/mol. The van der Waals surface area contributed by atoms with Gasteiger partial charge in [0.2, 0.25) is 10.0 Å². The van der Waals surface area contributed by atoms with Crippen molar-refractivity contribution in [3.63, 3.8) is 0 Å². The molecular weight excluding hydrogens is 462 g/mol. The summed E-state index contributed by atoms with van der Waals surface area (Å²) in [7, 11) is -3.82. The van der Waals surface area contributed by atoms with Crippen LogP contribution in [0.3, 0.4) is 0 Å². The zero-order valence-electron chi connectivity index (χ0n) is 19.5. The number of amides is 1. The molecule has 0 unspecified atom stereocenters. The van der Waals surface area contributed by atoms with E-state index in [9.17, 15) is 22.8 Å². The quantitative estimate of drug-likeness (QED) is 0.529. The van der Waals surface area contributed by atoms with Crippen LogP contribution in [-0.2, 0) is 21.3 Å². The van der Waals surface area contributed by atoms with E-state index in [4.69, 9.17) is 10.5 Å². The number of carbonyl (C=O) groups excluding carboxylic acids is 1. The number of aromatic nitrogens is 2. The van der Waals surface area contributed by atoms with E-state index in [-0.39, 0.29) is 48.1 Å². The highest BCUT2D eigenvalue weighted by Crippen LogP contribution is 2.23. The summed E-state index contributed by atoms with van der Waals surface area (Å²) in [5.74, 6) is -0.677. The molecule has 0 atom stereocenters. The minimum atomic E-state index is -3.82. The molecular formula is C22H31N5O6S. The second-order valence-corrected chi connectivity index (χ2v) is 9.94. The van der Waals surface area contributed by atoms with E-state index in [1.165, 1.54) is 38.0 Å². The number of carbonyl (C=O) groups is 1. The summed E-state index contributed by atoms with van der Waals surface area (Å²) in [4.78, 5) is 42.0. The van der Waals surface area contributed by atoms with Crippen LogP contribution in [0.2, 0.25) is 0 Å². The lowest BCUT2D eigenvalue weighted by Gasteiger charge is -2.27. The van der Waals surface area contributed by atoms with Gasteiger partial charge in [0, 0.05) is 31.7 Å². The Morgan fingerprint density at radius 1 is 1.18 bits per heavy atom. The van der Waals surface area contributed by atoms with Gasteiger partial charge < -0.3 is 15.4 Å². The van der Waals surface area contributed by atoms with Gasteiger partial charge in [0.15, 0.2) is 5.69 Å². The summed E-state index contributed by atoms with van der Waals surface area (Å²) in [6.07, 6.45) is 1.91. The molecule has 1 saturated heterocycles. The topological polar surface area (TPSA) is 148 Å². The Balaban J connectivity index is 2.05. The zero-order valence-corrected chi connectivity index (χ0v) is 20.3. The van der Waals surface area contributed by atoms with Crippen LogP contribution in [0.25, 0.3) is 0 Å². The van der Waals surface area contributed by atoms with E-state index < -0.39 is 27.2 Å². The summed E-state index contributed by atoms with van der Waals surface area (Å²) in [6.45, 7) is 5.31. The van der Waals surface area contributed by atoms with Crippen molar-refractivity contribution in [1.29, 1.82) is 0 Å². The fourth-order valence-electron chi connectivity index (χ4n) is 3.80. The lowest BCUT2D eigenvalue weighted by molar-refractivity contribution is 0.0730. The van der Waals surface area contributed by atoms with Crippen molar-refractivity contribution in [1.82, 2.24) is 13.9 Å². The second kappa shape index (κ2) is 11.0. The van der Waals surface area contributed by atoms with Gasteiger partial charge in [0.25, 0.3) is 11.5 Å². The largest absolute Gasteiger partial charge is 0.383 e. The maximum Gasteiger partial charge on any atom is 0.330 e. The number of nitrogens with one attached hydrogen (secondary N) is 1. The molecule has 12 heteroatoms. The standard InChI is InChI=1S/C22H31N5O6S/c1-3-5-10-26(18-19(23)27(9-4-2)22(30)24-20(18)28)21(29)16-7-6-8-17(15-16)34(31,32)25-11-13-33-14-12-25/h6-8,15H,3-5,9-14,23H2,1-2H3,(H,24,28,30). The maximum absolute atomic E-state index is 13.6. The number of morpholine rings is 1. The van der Waals surface area contributed by atoms with Crippen molar-refractivity contribution < 1.29 is 17.9 Å². The average molecular weight is 494 g/mol. The Kier molecular flexibility index (Phi) is 8.28. The SMILES string of the molecule is CCCCN(C(=O)c1cccc(S(=O)(=O)N2CCOCC2)c1)c1c(N)n(CCC)c(=O)[nH]c1=O. The molecule has 0 spiro atoms. The molecule has 1 aliphatic heterocycles. The van der Waals surface area contributed by atoms with E-state index in [1.54, 1.807) is 0 Å². The number of anilines is 2. The Bertz CT molecular complexity index is 1250. The van der Waals surface area contributed by atoms with Crippen molar-refractivity contribution in [2.75, 3.05) is 43.5 Å². The third kappa shape index (κ3) is 5.24. The predicted octanol–water partition coefficient (Wildman–Crippen LogP) is 0.997. The Labute approximate surface area is 198 Å². The number of ether oxygens (including phenoxy) is 1. The first-order chi connectivity index (χ1) is 16.2. The van der Waals surface area contributed by atoms with E-state index in [0.717, 1.165) is 6.42 Å². The van der Waals surface area contributed by atoms with Crippen LogP contribution in [0.15, 0.2) is 38.8 Å². The van der Waals surface area contributed by atoms with Gasteiger partial charge >= 0.3 is 5.69 Å².